The van der Waals surface area contributed by atoms with Crippen LogP contribution in [0.4, 0.5) is 13.2 Å². The highest BCUT2D eigenvalue weighted by molar-refractivity contribution is 6.13. The molecular weight excluding hydrogens is 359 g/mol. The highest BCUT2D eigenvalue weighted by atomic mass is 19.4. The third-order valence-corrected chi connectivity index (χ3v) is 4.24. The van der Waals surface area contributed by atoms with Crippen molar-refractivity contribution in [3.63, 3.8) is 0 Å². The number of carbonyl (C=O) groups is 2. The van der Waals surface area contributed by atoms with Crippen LogP contribution in [0.2, 0.25) is 0 Å². The molecule has 0 radical (unpaired) electrons. The minimum Gasteiger partial charge on any atom is -0.462 e. The second-order valence-electron chi connectivity index (χ2n) is 5.93. The van der Waals surface area contributed by atoms with Crippen molar-refractivity contribution in [2.45, 2.75) is 20.0 Å². The Morgan fingerprint density at radius 1 is 1.11 bits per heavy atom. The van der Waals surface area contributed by atoms with Gasteiger partial charge in [-0.05, 0) is 31.5 Å². The van der Waals surface area contributed by atoms with Crippen molar-refractivity contribution in [2.75, 3.05) is 6.61 Å². The maximum absolute atomic E-state index is 13.1. The maximum atomic E-state index is 13.1. The molecule has 140 valence electrons. The summed E-state index contributed by atoms with van der Waals surface area (Å²) in [5, 5.41) is 0. The third-order valence-electron chi connectivity index (χ3n) is 4.24. The van der Waals surface area contributed by atoms with Crippen molar-refractivity contribution in [1.82, 2.24) is 4.40 Å². The predicted molar refractivity (Wildman–Crippen MR) is 93.0 cm³/mol. The fourth-order valence-corrected chi connectivity index (χ4v) is 3.02. The molecule has 3 rings (SSSR count). The zero-order chi connectivity index (χ0) is 19.8. The topological polar surface area (TPSA) is 47.8 Å². The molecule has 0 saturated carbocycles. The summed E-state index contributed by atoms with van der Waals surface area (Å²) in [6.07, 6.45) is -3.42. The van der Waals surface area contributed by atoms with Crippen LogP contribution in [0.15, 0.2) is 48.7 Å². The van der Waals surface area contributed by atoms with Crippen LogP contribution in [-0.2, 0) is 10.9 Å². The van der Waals surface area contributed by atoms with E-state index >= 15 is 0 Å². The zero-order valence-electron chi connectivity index (χ0n) is 14.6. The van der Waals surface area contributed by atoms with E-state index < -0.39 is 23.5 Å². The first-order chi connectivity index (χ1) is 12.8. The summed E-state index contributed by atoms with van der Waals surface area (Å²) < 4.78 is 45.7. The van der Waals surface area contributed by atoms with Gasteiger partial charge in [0.2, 0.25) is 5.78 Å². The van der Waals surface area contributed by atoms with E-state index in [0.29, 0.717) is 5.56 Å². The van der Waals surface area contributed by atoms with E-state index in [1.807, 2.05) is 0 Å². The summed E-state index contributed by atoms with van der Waals surface area (Å²) in [5.74, 6) is -1.16. The van der Waals surface area contributed by atoms with Gasteiger partial charge in [-0.15, -0.1) is 0 Å². The Labute approximate surface area is 153 Å². The van der Waals surface area contributed by atoms with Gasteiger partial charge in [0, 0.05) is 11.8 Å². The molecule has 0 aliphatic carbocycles. The van der Waals surface area contributed by atoms with E-state index in [2.05, 4.69) is 0 Å². The van der Waals surface area contributed by atoms with Crippen LogP contribution in [-0.4, -0.2) is 22.8 Å². The lowest BCUT2D eigenvalue weighted by molar-refractivity contribution is -0.137. The number of nitrogens with zero attached hydrogens (tertiary/aromatic N) is 1. The summed E-state index contributed by atoms with van der Waals surface area (Å²) in [6.45, 7) is 3.20. The molecule has 0 amide bonds. The number of aromatic nitrogens is 1. The molecule has 2 aromatic heterocycles. The Morgan fingerprint density at radius 2 is 1.78 bits per heavy atom. The van der Waals surface area contributed by atoms with Gasteiger partial charge in [0.05, 0.1) is 28.9 Å². The average Bonchev–Trinajstić information content (AvgIpc) is 2.92. The number of hydrogen-bond donors (Lipinski definition) is 0. The first-order valence-corrected chi connectivity index (χ1v) is 8.24. The monoisotopic (exact) mass is 375 g/mol. The molecule has 1 aromatic carbocycles. The number of alkyl halides is 3. The van der Waals surface area contributed by atoms with Crippen LogP contribution in [0.3, 0.4) is 0 Å². The van der Waals surface area contributed by atoms with Gasteiger partial charge in [-0.3, -0.25) is 4.79 Å². The van der Waals surface area contributed by atoms with E-state index in [0.717, 1.165) is 18.3 Å². The molecule has 2 heterocycles. The third kappa shape index (κ3) is 3.32. The molecule has 0 atom stereocenters. The van der Waals surface area contributed by atoms with Gasteiger partial charge in [-0.25, -0.2) is 4.79 Å². The van der Waals surface area contributed by atoms with E-state index in [1.165, 1.54) is 11.3 Å². The molecule has 0 aliphatic heterocycles. The lowest BCUT2D eigenvalue weighted by Crippen LogP contribution is -2.08. The van der Waals surface area contributed by atoms with E-state index in [1.54, 1.807) is 37.3 Å². The van der Waals surface area contributed by atoms with Gasteiger partial charge in [-0.2, -0.15) is 13.2 Å². The summed E-state index contributed by atoms with van der Waals surface area (Å²) in [7, 11) is 0. The molecule has 0 saturated heterocycles. The summed E-state index contributed by atoms with van der Waals surface area (Å²) in [4.78, 5) is 25.3. The van der Waals surface area contributed by atoms with Crippen LogP contribution < -0.4 is 0 Å². The van der Waals surface area contributed by atoms with Crippen molar-refractivity contribution in [3.05, 3.63) is 76.6 Å². The van der Waals surface area contributed by atoms with Crippen LogP contribution in [0.1, 0.15) is 44.5 Å². The number of carbonyl (C=O) groups excluding carboxylic acids is 2. The zero-order valence-corrected chi connectivity index (χ0v) is 14.6. The minimum absolute atomic E-state index is 0.0138. The molecule has 27 heavy (non-hydrogen) atoms. The van der Waals surface area contributed by atoms with Gasteiger partial charge >= 0.3 is 12.1 Å². The van der Waals surface area contributed by atoms with Gasteiger partial charge in [-0.1, -0.05) is 30.3 Å². The molecular formula is C20H16F3NO3. The molecule has 0 aliphatic rings. The minimum atomic E-state index is -4.57. The van der Waals surface area contributed by atoms with Gasteiger partial charge < -0.3 is 9.14 Å². The van der Waals surface area contributed by atoms with Crippen LogP contribution >= 0.6 is 0 Å². The number of esters is 1. The van der Waals surface area contributed by atoms with Gasteiger partial charge in [0.15, 0.2) is 0 Å². The normalized spacial score (nSPS) is 11.6. The lowest BCUT2D eigenvalue weighted by atomic mass is 10.0. The number of ether oxygens (including phenoxy) is 1. The second-order valence-corrected chi connectivity index (χ2v) is 5.93. The second kappa shape index (κ2) is 6.90. The fraction of sp³-hybridized carbons (Fsp3) is 0.200. The standard InChI is InChI=1S/C20H16F3NO3/c1-3-27-19(26)16-12(2)17(18(25)13-7-5-4-6-8-13)24-10-9-14(11-15(16)24)20(21,22)23/h4-11H,3H2,1-2H3. The average molecular weight is 375 g/mol. The number of pyridine rings is 1. The Balaban J connectivity index is 2.30. The molecule has 0 spiro atoms. The molecule has 0 N–H and O–H groups in total. The fourth-order valence-electron chi connectivity index (χ4n) is 3.02. The summed E-state index contributed by atoms with van der Waals surface area (Å²) in [6, 6.07) is 10.1. The van der Waals surface area contributed by atoms with Crippen LogP contribution in [0, 0.1) is 6.92 Å². The van der Waals surface area contributed by atoms with Crippen molar-refractivity contribution < 1.29 is 27.5 Å². The molecule has 0 bridgehead atoms. The Morgan fingerprint density at radius 3 is 2.37 bits per heavy atom. The van der Waals surface area contributed by atoms with Crippen molar-refractivity contribution >= 4 is 17.3 Å². The van der Waals surface area contributed by atoms with Crippen molar-refractivity contribution in [1.29, 1.82) is 0 Å². The molecule has 4 nitrogen and oxygen atoms in total. The Hall–Kier alpha value is -3.09. The summed E-state index contributed by atoms with van der Waals surface area (Å²) in [5.41, 5.74) is -0.177. The predicted octanol–water partition coefficient (Wildman–Crippen LogP) is 4.67. The van der Waals surface area contributed by atoms with Gasteiger partial charge in [0.1, 0.15) is 0 Å². The number of hydrogen-bond acceptors (Lipinski definition) is 3. The molecule has 7 heteroatoms. The highest BCUT2D eigenvalue weighted by Crippen LogP contribution is 2.33. The number of rotatable bonds is 4. The van der Waals surface area contributed by atoms with E-state index in [4.69, 9.17) is 4.74 Å². The van der Waals surface area contributed by atoms with Crippen molar-refractivity contribution in [2.24, 2.45) is 0 Å². The number of halogens is 3. The summed E-state index contributed by atoms with van der Waals surface area (Å²) >= 11 is 0. The molecule has 0 fully saturated rings. The lowest BCUT2D eigenvalue weighted by Gasteiger charge is -2.09. The SMILES string of the molecule is CCOC(=O)c1c(C)c(C(=O)c2ccccc2)n2ccc(C(F)(F)F)cc12. The first-order valence-electron chi connectivity index (χ1n) is 8.24. The van der Waals surface area contributed by atoms with Crippen molar-refractivity contribution in [3.8, 4) is 0 Å². The molecule has 0 unspecified atom stereocenters. The van der Waals surface area contributed by atoms with Crippen LogP contribution in [0.5, 0.6) is 0 Å². The highest BCUT2D eigenvalue weighted by Gasteiger charge is 2.33. The maximum Gasteiger partial charge on any atom is 0.416 e. The van der Waals surface area contributed by atoms with E-state index in [-0.39, 0.29) is 28.9 Å². The Kier molecular flexibility index (Phi) is 4.78. The number of benzene rings is 1. The van der Waals surface area contributed by atoms with Crippen LogP contribution in [0.25, 0.3) is 5.52 Å². The van der Waals surface area contributed by atoms with E-state index in [9.17, 15) is 22.8 Å². The smallest absolute Gasteiger partial charge is 0.416 e. The Bertz CT molecular complexity index is 1020. The number of ketones is 1. The first kappa shape index (κ1) is 18.7. The van der Waals surface area contributed by atoms with Gasteiger partial charge in [0.25, 0.3) is 0 Å². The number of fused-ring (bicyclic) bond motifs is 1. The quantitative estimate of drug-likeness (QED) is 0.492. The largest absolute Gasteiger partial charge is 0.462 e. The molecule has 3 aromatic rings.